The molecule has 0 bridgehead atoms. The van der Waals surface area contributed by atoms with E-state index in [0.29, 0.717) is 6.42 Å². The number of methoxy groups -OCH3 is 1. The first kappa shape index (κ1) is 29.1. The molecule has 1 aromatic heterocycles. The van der Waals surface area contributed by atoms with E-state index >= 15 is 0 Å². The molecular weight excluding hydrogens is 502 g/mol. The summed E-state index contributed by atoms with van der Waals surface area (Å²) < 4.78 is 4.98. The van der Waals surface area contributed by atoms with E-state index in [1.807, 2.05) is 44.7 Å². The molecule has 1 aliphatic rings. The molecule has 1 fully saturated rings. The van der Waals surface area contributed by atoms with E-state index in [-0.39, 0.29) is 16.6 Å². The highest BCUT2D eigenvalue weighted by Crippen LogP contribution is 2.53. The van der Waals surface area contributed by atoms with Crippen molar-refractivity contribution >= 4 is 29.9 Å². The number of nitrogens with zero attached hydrogens (tertiary/aromatic N) is 1. The molecule has 4 nitrogen and oxygen atoms in total. The standard InChI is InChI=1S/C34H41NO3S/c1-24-13-16-29(35-25(24)2)17-14-26-9-8-11-28(21-26)31(39-23-34(19-20-34)22-32(36)38-5)18-15-27-10-6-7-12-30(27)33(3,4)37/h6-14,16-17,21,31,37H,15,18-20,22-23H2,1-5H3. The van der Waals surface area contributed by atoms with Crippen LogP contribution in [-0.4, -0.2) is 28.9 Å². The maximum absolute atomic E-state index is 12.0. The predicted octanol–water partition coefficient (Wildman–Crippen LogP) is 7.85. The number of thioether (sulfide) groups is 1. The molecule has 206 valence electrons. The molecule has 3 aromatic rings. The first-order chi connectivity index (χ1) is 18.6. The molecule has 0 saturated heterocycles. The molecular formula is C34H41NO3S. The Bertz CT molecular complexity index is 1320. The minimum atomic E-state index is -0.884. The van der Waals surface area contributed by atoms with Gasteiger partial charge in [0.25, 0.3) is 0 Å². The Balaban J connectivity index is 1.55. The number of aromatic nitrogens is 1. The van der Waals surface area contributed by atoms with Crippen molar-refractivity contribution in [3.05, 3.63) is 99.9 Å². The van der Waals surface area contributed by atoms with Crippen molar-refractivity contribution in [3.8, 4) is 0 Å². The third-order valence-corrected chi connectivity index (χ3v) is 9.44. The number of carbonyl (C=O) groups excluding carboxylic acids is 1. The molecule has 5 heteroatoms. The summed E-state index contributed by atoms with van der Waals surface area (Å²) in [4.78, 5) is 16.7. The summed E-state index contributed by atoms with van der Waals surface area (Å²) in [5.41, 5.74) is 6.97. The Morgan fingerprint density at radius 2 is 1.87 bits per heavy atom. The Morgan fingerprint density at radius 1 is 1.10 bits per heavy atom. The van der Waals surface area contributed by atoms with Gasteiger partial charge in [0.2, 0.25) is 0 Å². The smallest absolute Gasteiger partial charge is 0.306 e. The number of rotatable bonds is 12. The fourth-order valence-corrected chi connectivity index (χ4v) is 6.53. The highest BCUT2D eigenvalue weighted by Gasteiger charge is 2.45. The summed E-state index contributed by atoms with van der Waals surface area (Å²) in [5.74, 6) is 0.822. The van der Waals surface area contributed by atoms with Crippen molar-refractivity contribution in [3.63, 3.8) is 0 Å². The van der Waals surface area contributed by atoms with Gasteiger partial charge in [-0.1, -0.05) is 60.7 Å². The van der Waals surface area contributed by atoms with Crippen LogP contribution in [-0.2, 0) is 21.6 Å². The second-order valence-electron chi connectivity index (χ2n) is 11.4. The first-order valence-corrected chi connectivity index (χ1v) is 14.8. The van der Waals surface area contributed by atoms with Gasteiger partial charge in [0.15, 0.2) is 0 Å². The van der Waals surface area contributed by atoms with Crippen molar-refractivity contribution in [2.75, 3.05) is 12.9 Å². The molecule has 1 heterocycles. The van der Waals surface area contributed by atoms with Gasteiger partial charge in [0.1, 0.15) is 0 Å². The first-order valence-electron chi connectivity index (χ1n) is 13.8. The van der Waals surface area contributed by atoms with Crippen molar-refractivity contribution < 1.29 is 14.6 Å². The van der Waals surface area contributed by atoms with Gasteiger partial charge in [-0.15, -0.1) is 0 Å². The number of esters is 1. The number of aliphatic hydroxyl groups is 1. The highest BCUT2D eigenvalue weighted by molar-refractivity contribution is 7.99. The molecule has 4 rings (SSSR count). The van der Waals surface area contributed by atoms with Gasteiger partial charge in [-0.2, -0.15) is 11.8 Å². The topological polar surface area (TPSA) is 59.4 Å². The molecule has 1 unspecified atom stereocenters. The third kappa shape index (κ3) is 8.06. The second-order valence-corrected chi connectivity index (χ2v) is 12.6. The molecule has 0 radical (unpaired) electrons. The van der Waals surface area contributed by atoms with Crippen LogP contribution in [0.15, 0.2) is 60.7 Å². The number of ether oxygens (including phenoxy) is 1. The fraction of sp³-hybridized carbons (Fsp3) is 0.412. The third-order valence-electron chi connectivity index (χ3n) is 7.75. The minimum absolute atomic E-state index is 0.0630. The van der Waals surface area contributed by atoms with Crippen LogP contribution in [0.2, 0.25) is 0 Å². The van der Waals surface area contributed by atoms with E-state index in [1.165, 1.54) is 23.8 Å². The molecule has 1 aliphatic carbocycles. The van der Waals surface area contributed by atoms with Crippen LogP contribution >= 0.6 is 11.8 Å². The van der Waals surface area contributed by atoms with E-state index in [0.717, 1.165) is 54.0 Å². The summed E-state index contributed by atoms with van der Waals surface area (Å²) in [5, 5.41) is 11.0. The lowest BCUT2D eigenvalue weighted by Gasteiger charge is -2.24. The summed E-state index contributed by atoms with van der Waals surface area (Å²) in [6.07, 6.45) is 8.67. The van der Waals surface area contributed by atoms with Crippen LogP contribution in [0.25, 0.3) is 12.2 Å². The van der Waals surface area contributed by atoms with Crippen LogP contribution in [0.1, 0.15) is 84.0 Å². The van der Waals surface area contributed by atoms with Crippen LogP contribution in [0, 0.1) is 19.3 Å². The van der Waals surface area contributed by atoms with Gasteiger partial charge in [-0.25, -0.2) is 0 Å². The molecule has 0 aliphatic heterocycles. The zero-order chi connectivity index (χ0) is 28.0. The number of aryl methyl sites for hydroxylation is 3. The normalized spacial score (nSPS) is 15.3. The van der Waals surface area contributed by atoms with Crippen LogP contribution < -0.4 is 0 Å². The van der Waals surface area contributed by atoms with Crippen molar-refractivity contribution in [1.29, 1.82) is 0 Å². The van der Waals surface area contributed by atoms with Crippen molar-refractivity contribution in [2.45, 2.75) is 70.7 Å². The number of benzene rings is 2. The molecule has 1 saturated carbocycles. The maximum Gasteiger partial charge on any atom is 0.306 e. The summed E-state index contributed by atoms with van der Waals surface area (Å²) in [6.45, 7) is 7.82. The van der Waals surface area contributed by atoms with Gasteiger partial charge in [0.05, 0.1) is 24.8 Å². The average Bonchev–Trinajstić information content (AvgIpc) is 3.68. The van der Waals surface area contributed by atoms with E-state index in [1.54, 1.807) is 0 Å². The highest BCUT2D eigenvalue weighted by atomic mass is 32.2. The molecule has 1 atom stereocenters. The molecule has 39 heavy (non-hydrogen) atoms. The molecule has 0 amide bonds. The fourth-order valence-electron chi connectivity index (χ4n) is 4.96. The summed E-state index contributed by atoms with van der Waals surface area (Å²) in [7, 11) is 1.47. The summed E-state index contributed by atoms with van der Waals surface area (Å²) in [6, 6.07) is 21.1. The zero-order valence-corrected chi connectivity index (χ0v) is 24.7. The van der Waals surface area contributed by atoms with Crippen LogP contribution in [0.5, 0.6) is 0 Å². The predicted molar refractivity (Wildman–Crippen MR) is 163 cm³/mol. The second kappa shape index (κ2) is 12.5. The molecule has 2 aromatic carbocycles. The number of hydrogen-bond acceptors (Lipinski definition) is 5. The minimum Gasteiger partial charge on any atom is -0.469 e. The van der Waals surface area contributed by atoms with Crippen LogP contribution in [0.3, 0.4) is 0 Å². The van der Waals surface area contributed by atoms with Gasteiger partial charge >= 0.3 is 5.97 Å². The van der Waals surface area contributed by atoms with Gasteiger partial charge in [-0.3, -0.25) is 9.78 Å². The van der Waals surface area contributed by atoms with Gasteiger partial charge in [-0.05, 0) is 98.8 Å². The number of hydrogen-bond donors (Lipinski definition) is 1. The average molecular weight is 544 g/mol. The lowest BCUT2D eigenvalue weighted by atomic mass is 9.90. The monoisotopic (exact) mass is 543 g/mol. The largest absolute Gasteiger partial charge is 0.469 e. The van der Waals surface area contributed by atoms with E-state index < -0.39 is 5.60 Å². The van der Waals surface area contributed by atoms with Crippen LogP contribution in [0.4, 0.5) is 0 Å². The lowest BCUT2D eigenvalue weighted by molar-refractivity contribution is -0.141. The maximum atomic E-state index is 12.0. The Kier molecular flexibility index (Phi) is 9.35. The Labute approximate surface area is 237 Å². The van der Waals surface area contributed by atoms with Gasteiger partial charge < -0.3 is 9.84 Å². The summed E-state index contributed by atoms with van der Waals surface area (Å²) >= 11 is 1.95. The SMILES string of the molecule is COC(=O)CC1(CSC(CCc2ccccc2C(C)(C)O)c2cccc(C=Cc3ccc(C)c(C)n3)c2)CC1. The lowest BCUT2D eigenvalue weighted by Crippen LogP contribution is -2.18. The Morgan fingerprint density at radius 3 is 2.56 bits per heavy atom. The van der Waals surface area contributed by atoms with E-state index in [2.05, 4.69) is 72.6 Å². The van der Waals surface area contributed by atoms with Crippen molar-refractivity contribution in [2.24, 2.45) is 5.41 Å². The quantitative estimate of drug-likeness (QED) is 0.236. The van der Waals surface area contributed by atoms with E-state index in [9.17, 15) is 9.90 Å². The van der Waals surface area contributed by atoms with Crippen molar-refractivity contribution in [1.82, 2.24) is 4.98 Å². The van der Waals surface area contributed by atoms with E-state index in [4.69, 9.17) is 4.74 Å². The number of pyridine rings is 1. The molecule has 1 N–H and O–H groups in total. The molecule has 0 spiro atoms. The Hall–Kier alpha value is -2.89. The number of carbonyl (C=O) groups is 1. The zero-order valence-electron chi connectivity index (χ0n) is 23.9. The van der Waals surface area contributed by atoms with Gasteiger partial charge in [0, 0.05) is 16.7 Å².